The van der Waals surface area contributed by atoms with Crippen molar-refractivity contribution in [2.45, 2.75) is 26.9 Å². The van der Waals surface area contributed by atoms with Gasteiger partial charge in [-0.3, -0.25) is 0 Å². The Kier molecular flexibility index (Phi) is 3.08. The standard InChI is InChI=1S/C13H15NOS/c1-8-6-4-5-7-11(8)12(15)13-9(2)14-10(3)16-13/h4-7,12,15H,1-3H3. The van der Waals surface area contributed by atoms with Crippen LogP contribution in [-0.2, 0) is 0 Å². The molecular weight excluding hydrogens is 218 g/mol. The van der Waals surface area contributed by atoms with Crippen LogP contribution in [0.15, 0.2) is 24.3 Å². The molecule has 1 heterocycles. The third-order valence-electron chi connectivity index (χ3n) is 2.67. The summed E-state index contributed by atoms with van der Waals surface area (Å²) in [4.78, 5) is 5.30. The highest BCUT2D eigenvalue weighted by Crippen LogP contribution is 2.31. The smallest absolute Gasteiger partial charge is 0.115 e. The van der Waals surface area contributed by atoms with Crippen LogP contribution in [-0.4, -0.2) is 10.1 Å². The van der Waals surface area contributed by atoms with Crippen LogP contribution >= 0.6 is 11.3 Å². The molecule has 1 aromatic carbocycles. The van der Waals surface area contributed by atoms with E-state index in [4.69, 9.17) is 0 Å². The second-order valence-corrected chi connectivity index (χ2v) is 5.18. The lowest BCUT2D eigenvalue weighted by Crippen LogP contribution is -2.01. The van der Waals surface area contributed by atoms with Crippen molar-refractivity contribution in [3.63, 3.8) is 0 Å². The van der Waals surface area contributed by atoms with Gasteiger partial charge in [0.05, 0.1) is 15.6 Å². The van der Waals surface area contributed by atoms with Crippen molar-refractivity contribution in [2.24, 2.45) is 0 Å². The molecule has 1 atom stereocenters. The van der Waals surface area contributed by atoms with Crippen molar-refractivity contribution in [1.82, 2.24) is 4.98 Å². The van der Waals surface area contributed by atoms with E-state index in [1.165, 1.54) is 0 Å². The molecular formula is C13H15NOS. The highest BCUT2D eigenvalue weighted by molar-refractivity contribution is 7.11. The summed E-state index contributed by atoms with van der Waals surface area (Å²) in [5.41, 5.74) is 3.01. The van der Waals surface area contributed by atoms with E-state index < -0.39 is 6.10 Å². The molecule has 0 saturated carbocycles. The van der Waals surface area contributed by atoms with E-state index in [1.807, 2.05) is 45.0 Å². The molecule has 0 saturated heterocycles. The van der Waals surface area contributed by atoms with Crippen LogP contribution < -0.4 is 0 Å². The van der Waals surface area contributed by atoms with Crippen LogP contribution in [0.5, 0.6) is 0 Å². The predicted molar refractivity (Wildman–Crippen MR) is 66.8 cm³/mol. The number of aliphatic hydroxyl groups excluding tert-OH is 1. The first-order valence-corrected chi connectivity index (χ1v) is 6.08. The van der Waals surface area contributed by atoms with E-state index >= 15 is 0 Å². The lowest BCUT2D eigenvalue weighted by Gasteiger charge is -2.12. The van der Waals surface area contributed by atoms with Crippen molar-refractivity contribution in [3.8, 4) is 0 Å². The Bertz CT molecular complexity index is 504. The van der Waals surface area contributed by atoms with Gasteiger partial charge in [-0.1, -0.05) is 24.3 Å². The summed E-state index contributed by atoms with van der Waals surface area (Å²) in [5.74, 6) is 0. The van der Waals surface area contributed by atoms with Crippen molar-refractivity contribution in [3.05, 3.63) is 51.0 Å². The van der Waals surface area contributed by atoms with Gasteiger partial charge in [-0.2, -0.15) is 0 Å². The predicted octanol–water partition coefficient (Wildman–Crippen LogP) is 3.15. The highest BCUT2D eigenvalue weighted by Gasteiger charge is 2.17. The molecule has 2 aromatic rings. The number of nitrogens with zero attached hydrogens (tertiary/aromatic N) is 1. The molecule has 3 heteroatoms. The molecule has 0 spiro atoms. The van der Waals surface area contributed by atoms with Gasteiger partial charge in [-0.25, -0.2) is 4.98 Å². The summed E-state index contributed by atoms with van der Waals surface area (Å²) in [6.45, 7) is 5.92. The minimum atomic E-state index is -0.549. The van der Waals surface area contributed by atoms with Gasteiger partial charge in [0.2, 0.25) is 0 Å². The molecule has 16 heavy (non-hydrogen) atoms. The van der Waals surface area contributed by atoms with E-state index in [2.05, 4.69) is 4.98 Å². The molecule has 0 radical (unpaired) electrons. The molecule has 84 valence electrons. The van der Waals surface area contributed by atoms with Crippen LogP contribution in [0.4, 0.5) is 0 Å². The van der Waals surface area contributed by atoms with Gasteiger partial charge >= 0.3 is 0 Å². The zero-order valence-electron chi connectivity index (χ0n) is 9.69. The first-order valence-electron chi connectivity index (χ1n) is 5.27. The lowest BCUT2D eigenvalue weighted by atomic mass is 10.0. The molecule has 0 fully saturated rings. The number of thiazole rings is 1. The number of aromatic nitrogens is 1. The number of rotatable bonds is 2. The number of aryl methyl sites for hydroxylation is 3. The van der Waals surface area contributed by atoms with E-state index in [0.717, 1.165) is 26.7 Å². The fourth-order valence-electron chi connectivity index (χ4n) is 1.84. The summed E-state index contributed by atoms with van der Waals surface area (Å²) >= 11 is 1.56. The average Bonchev–Trinajstić information content (AvgIpc) is 2.58. The number of hydrogen-bond donors (Lipinski definition) is 1. The fourth-order valence-corrected chi connectivity index (χ4v) is 2.77. The Morgan fingerprint density at radius 1 is 1.19 bits per heavy atom. The second kappa shape index (κ2) is 4.36. The summed E-state index contributed by atoms with van der Waals surface area (Å²) in [6, 6.07) is 7.92. The van der Waals surface area contributed by atoms with Gasteiger partial charge < -0.3 is 5.11 Å². The maximum absolute atomic E-state index is 10.3. The monoisotopic (exact) mass is 233 g/mol. The first kappa shape index (κ1) is 11.3. The second-order valence-electron chi connectivity index (χ2n) is 3.94. The number of hydrogen-bond acceptors (Lipinski definition) is 3. The molecule has 1 aromatic heterocycles. The number of benzene rings is 1. The lowest BCUT2D eigenvalue weighted by molar-refractivity contribution is 0.222. The van der Waals surface area contributed by atoms with Gasteiger partial charge in [-0.15, -0.1) is 11.3 Å². The Labute approximate surface area is 99.6 Å². The maximum Gasteiger partial charge on any atom is 0.115 e. The molecule has 0 amide bonds. The fraction of sp³-hybridized carbons (Fsp3) is 0.308. The SMILES string of the molecule is Cc1nc(C)c(C(O)c2ccccc2C)s1. The Hall–Kier alpha value is -1.19. The van der Waals surface area contributed by atoms with E-state index in [9.17, 15) is 5.11 Å². The Balaban J connectivity index is 2.43. The van der Waals surface area contributed by atoms with Crippen LogP contribution in [0.25, 0.3) is 0 Å². The third-order valence-corrected chi connectivity index (χ3v) is 3.80. The average molecular weight is 233 g/mol. The summed E-state index contributed by atoms with van der Waals surface area (Å²) < 4.78 is 0. The largest absolute Gasteiger partial charge is 0.383 e. The van der Waals surface area contributed by atoms with Gasteiger partial charge in [0.1, 0.15) is 6.10 Å². The van der Waals surface area contributed by atoms with Crippen LogP contribution in [0.1, 0.15) is 32.8 Å². The van der Waals surface area contributed by atoms with Gasteiger partial charge in [0.15, 0.2) is 0 Å². The van der Waals surface area contributed by atoms with Crippen LogP contribution in [0.2, 0.25) is 0 Å². The zero-order valence-corrected chi connectivity index (χ0v) is 10.5. The third kappa shape index (κ3) is 2.01. The summed E-state index contributed by atoms with van der Waals surface area (Å²) in [6.07, 6.45) is -0.549. The Morgan fingerprint density at radius 2 is 1.88 bits per heavy atom. The molecule has 0 aliphatic carbocycles. The molecule has 0 bridgehead atoms. The molecule has 1 N–H and O–H groups in total. The van der Waals surface area contributed by atoms with Gasteiger partial charge in [0, 0.05) is 0 Å². The van der Waals surface area contributed by atoms with Crippen molar-refractivity contribution >= 4 is 11.3 Å². The van der Waals surface area contributed by atoms with Crippen molar-refractivity contribution in [1.29, 1.82) is 0 Å². The highest BCUT2D eigenvalue weighted by atomic mass is 32.1. The topological polar surface area (TPSA) is 33.1 Å². The van der Waals surface area contributed by atoms with Crippen molar-refractivity contribution in [2.75, 3.05) is 0 Å². The summed E-state index contributed by atoms with van der Waals surface area (Å²) in [7, 11) is 0. The van der Waals surface area contributed by atoms with Gasteiger partial charge in [-0.05, 0) is 31.9 Å². The molecule has 2 nitrogen and oxygen atoms in total. The Morgan fingerprint density at radius 3 is 2.44 bits per heavy atom. The molecule has 0 aliphatic rings. The van der Waals surface area contributed by atoms with E-state index in [-0.39, 0.29) is 0 Å². The van der Waals surface area contributed by atoms with Crippen LogP contribution in [0.3, 0.4) is 0 Å². The van der Waals surface area contributed by atoms with Gasteiger partial charge in [0.25, 0.3) is 0 Å². The minimum Gasteiger partial charge on any atom is -0.383 e. The normalized spacial score (nSPS) is 12.8. The molecule has 0 aliphatic heterocycles. The first-order chi connectivity index (χ1) is 7.59. The van der Waals surface area contributed by atoms with E-state index in [0.29, 0.717) is 0 Å². The molecule has 2 rings (SSSR count). The zero-order chi connectivity index (χ0) is 11.7. The molecule has 1 unspecified atom stereocenters. The van der Waals surface area contributed by atoms with E-state index in [1.54, 1.807) is 11.3 Å². The maximum atomic E-state index is 10.3. The quantitative estimate of drug-likeness (QED) is 0.864. The minimum absolute atomic E-state index is 0.549. The van der Waals surface area contributed by atoms with Crippen LogP contribution in [0, 0.1) is 20.8 Å². The summed E-state index contributed by atoms with van der Waals surface area (Å²) in [5, 5.41) is 11.3. The number of aliphatic hydroxyl groups is 1. The van der Waals surface area contributed by atoms with Crippen molar-refractivity contribution < 1.29 is 5.11 Å².